The average molecular weight is 197 g/mol. The van der Waals surface area contributed by atoms with Crippen LogP contribution in [0.15, 0.2) is 11.6 Å². The first-order chi connectivity index (χ1) is 6.81. The van der Waals surface area contributed by atoms with Gasteiger partial charge in [0, 0.05) is 0 Å². The fraction of sp³-hybridized carbons (Fsp3) is 0.833. The van der Waals surface area contributed by atoms with Gasteiger partial charge in [-0.1, -0.05) is 6.08 Å². The Morgan fingerprint density at radius 3 is 2.86 bits per heavy atom. The topological polar surface area (TPSA) is 12.0 Å². The van der Waals surface area contributed by atoms with Crippen LogP contribution in [0.2, 0.25) is 0 Å². The van der Waals surface area contributed by atoms with Crippen molar-refractivity contribution in [1.29, 1.82) is 0 Å². The van der Waals surface area contributed by atoms with Gasteiger partial charge in [-0.2, -0.15) is 0 Å². The monoisotopic (exact) mass is 197 g/mol. The SMILES string of the molecule is FC1(C2=CCCCC2)CCCNCC1. The van der Waals surface area contributed by atoms with Crippen molar-refractivity contribution in [3.63, 3.8) is 0 Å². The number of nitrogens with one attached hydrogen (secondary N) is 1. The van der Waals surface area contributed by atoms with Crippen molar-refractivity contribution in [2.75, 3.05) is 13.1 Å². The predicted octanol–water partition coefficient (Wildman–Crippen LogP) is 2.97. The van der Waals surface area contributed by atoms with Crippen LogP contribution in [0.3, 0.4) is 0 Å². The molecule has 0 spiro atoms. The largest absolute Gasteiger partial charge is 0.317 e. The molecule has 80 valence electrons. The molecular weight excluding hydrogens is 177 g/mol. The lowest BCUT2D eigenvalue weighted by Gasteiger charge is -2.29. The van der Waals surface area contributed by atoms with E-state index in [2.05, 4.69) is 11.4 Å². The second kappa shape index (κ2) is 4.43. The summed E-state index contributed by atoms with van der Waals surface area (Å²) in [4.78, 5) is 0. The van der Waals surface area contributed by atoms with Gasteiger partial charge in [0.05, 0.1) is 0 Å². The summed E-state index contributed by atoms with van der Waals surface area (Å²) in [6.45, 7) is 1.83. The standard InChI is InChI=1S/C12H20FN/c13-12(7-4-9-14-10-8-12)11-5-2-1-3-6-11/h5,14H,1-4,6-10H2. The lowest BCUT2D eigenvalue weighted by molar-refractivity contribution is 0.182. The molecule has 1 unspecified atom stereocenters. The minimum absolute atomic E-state index is 0.679. The van der Waals surface area contributed by atoms with Gasteiger partial charge in [-0.3, -0.25) is 0 Å². The zero-order valence-electron chi connectivity index (χ0n) is 8.82. The molecular formula is C12H20FN. The highest BCUT2D eigenvalue weighted by atomic mass is 19.1. The maximum absolute atomic E-state index is 14.6. The molecule has 2 rings (SSSR count). The van der Waals surface area contributed by atoms with Crippen molar-refractivity contribution < 1.29 is 4.39 Å². The van der Waals surface area contributed by atoms with E-state index in [0.29, 0.717) is 6.42 Å². The van der Waals surface area contributed by atoms with Crippen LogP contribution < -0.4 is 5.32 Å². The van der Waals surface area contributed by atoms with E-state index in [0.717, 1.165) is 44.3 Å². The van der Waals surface area contributed by atoms with Gasteiger partial charge in [0.2, 0.25) is 0 Å². The van der Waals surface area contributed by atoms with Crippen LogP contribution in [-0.2, 0) is 0 Å². The molecule has 1 aliphatic heterocycles. The molecule has 0 saturated carbocycles. The summed E-state index contributed by atoms with van der Waals surface area (Å²) in [6.07, 6.45) is 9.07. The molecule has 1 saturated heterocycles. The van der Waals surface area contributed by atoms with Gasteiger partial charge in [-0.25, -0.2) is 4.39 Å². The first-order valence-electron chi connectivity index (χ1n) is 5.90. The van der Waals surface area contributed by atoms with Crippen LogP contribution >= 0.6 is 0 Å². The molecule has 14 heavy (non-hydrogen) atoms. The summed E-state index contributed by atoms with van der Waals surface area (Å²) in [7, 11) is 0. The normalized spacial score (nSPS) is 34.8. The Bertz CT molecular complexity index is 214. The second-order valence-electron chi connectivity index (χ2n) is 4.54. The van der Waals surface area contributed by atoms with Crippen molar-refractivity contribution in [3.8, 4) is 0 Å². The van der Waals surface area contributed by atoms with Crippen molar-refractivity contribution in [2.45, 2.75) is 50.6 Å². The van der Waals surface area contributed by atoms with Crippen molar-refractivity contribution in [1.82, 2.24) is 5.32 Å². The molecule has 1 N–H and O–H groups in total. The zero-order chi connectivity index (χ0) is 9.86. The molecule has 2 aliphatic rings. The Morgan fingerprint density at radius 2 is 2.07 bits per heavy atom. The van der Waals surface area contributed by atoms with Crippen LogP contribution in [0.25, 0.3) is 0 Å². The highest BCUT2D eigenvalue weighted by molar-refractivity contribution is 5.19. The van der Waals surface area contributed by atoms with Gasteiger partial charge in [0.15, 0.2) is 0 Å². The van der Waals surface area contributed by atoms with Gasteiger partial charge < -0.3 is 5.32 Å². The Hall–Kier alpha value is -0.370. The molecule has 0 radical (unpaired) electrons. The molecule has 0 amide bonds. The molecule has 2 heteroatoms. The number of alkyl halides is 1. The summed E-state index contributed by atoms with van der Waals surface area (Å²) in [5.74, 6) is 0. The van der Waals surface area contributed by atoms with Crippen LogP contribution in [0.4, 0.5) is 4.39 Å². The van der Waals surface area contributed by atoms with Crippen LogP contribution in [-0.4, -0.2) is 18.8 Å². The summed E-state index contributed by atoms with van der Waals surface area (Å²) in [5, 5.41) is 3.27. The third kappa shape index (κ3) is 2.17. The predicted molar refractivity (Wildman–Crippen MR) is 57.1 cm³/mol. The Labute approximate surface area is 85.8 Å². The maximum atomic E-state index is 14.6. The summed E-state index contributed by atoms with van der Waals surface area (Å²) < 4.78 is 14.6. The van der Waals surface area contributed by atoms with Crippen molar-refractivity contribution >= 4 is 0 Å². The molecule has 1 aliphatic carbocycles. The second-order valence-corrected chi connectivity index (χ2v) is 4.54. The number of halogens is 1. The van der Waals surface area contributed by atoms with E-state index in [1.807, 2.05) is 0 Å². The maximum Gasteiger partial charge on any atom is 0.133 e. The van der Waals surface area contributed by atoms with Crippen LogP contribution in [0.1, 0.15) is 44.9 Å². The highest BCUT2D eigenvalue weighted by Crippen LogP contribution is 2.37. The molecule has 0 aromatic rings. The summed E-state index contributed by atoms with van der Waals surface area (Å²) in [5.41, 5.74) is 0.136. The fourth-order valence-electron chi connectivity index (χ4n) is 2.60. The lowest BCUT2D eigenvalue weighted by atomic mass is 9.82. The molecule has 0 aromatic carbocycles. The summed E-state index contributed by atoms with van der Waals surface area (Å²) in [6, 6.07) is 0. The Balaban J connectivity index is 2.07. The van der Waals surface area contributed by atoms with Gasteiger partial charge in [-0.15, -0.1) is 0 Å². The van der Waals surface area contributed by atoms with E-state index < -0.39 is 5.67 Å². The molecule has 1 nitrogen and oxygen atoms in total. The average Bonchev–Trinajstić information content (AvgIpc) is 2.46. The number of hydrogen-bond acceptors (Lipinski definition) is 1. The molecule has 1 heterocycles. The van der Waals surface area contributed by atoms with Crippen molar-refractivity contribution in [2.24, 2.45) is 0 Å². The van der Waals surface area contributed by atoms with Gasteiger partial charge in [0.25, 0.3) is 0 Å². The third-order valence-electron chi connectivity index (χ3n) is 3.49. The minimum Gasteiger partial charge on any atom is -0.317 e. The van der Waals surface area contributed by atoms with E-state index in [-0.39, 0.29) is 0 Å². The van der Waals surface area contributed by atoms with Crippen LogP contribution in [0.5, 0.6) is 0 Å². The van der Waals surface area contributed by atoms with E-state index in [1.165, 1.54) is 12.8 Å². The van der Waals surface area contributed by atoms with E-state index >= 15 is 0 Å². The number of hydrogen-bond donors (Lipinski definition) is 1. The van der Waals surface area contributed by atoms with Gasteiger partial charge in [0.1, 0.15) is 5.67 Å². The zero-order valence-corrected chi connectivity index (χ0v) is 8.82. The Kier molecular flexibility index (Phi) is 3.22. The molecule has 0 bridgehead atoms. The minimum atomic E-state index is -0.968. The van der Waals surface area contributed by atoms with Crippen LogP contribution in [0, 0.1) is 0 Å². The van der Waals surface area contributed by atoms with E-state index in [4.69, 9.17) is 0 Å². The number of allylic oxidation sites excluding steroid dienone is 2. The Morgan fingerprint density at radius 1 is 1.14 bits per heavy atom. The van der Waals surface area contributed by atoms with E-state index in [1.54, 1.807) is 0 Å². The van der Waals surface area contributed by atoms with Gasteiger partial charge >= 0.3 is 0 Å². The summed E-state index contributed by atoms with van der Waals surface area (Å²) >= 11 is 0. The smallest absolute Gasteiger partial charge is 0.133 e. The van der Waals surface area contributed by atoms with Crippen molar-refractivity contribution in [3.05, 3.63) is 11.6 Å². The third-order valence-corrected chi connectivity index (χ3v) is 3.49. The quantitative estimate of drug-likeness (QED) is 0.637. The molecule has 1 fully saturated rings. The van der Waals surface area contributed by atoms with Gasteiger partial charge in [-0.05, 0) is 63.6 Å². The molecule has 1 atom stereocenters. The first kappa shape index (κ1) is 10.2. The fourth-order valence-corrected chi connectivity index (χ4v) is 2.60. The highest BCUT2D eigenvalue weighted by Gasteiger charge is 2.34. The lowest BCUT2D eigenvalue weighted by Crippen LogP contribution is -2.28. The number of rotatable bonds is 1. The first-order valence-corrected chi connectivity index (χ1v) is 5.90. The van der Waals surface area contributed by atoms with E-state index in [9.17, 15) is 4.39 Å². The molecule has 0 aromatic heterocycles.